The summed E-state index contributed by atoms with van der Waals surface area (Å²) in [6.45, 7) is 12.9. The molecule has 14 heteroatoms. The number of nitrogens with one attached hydrogen (secondary N) is 2. The second-order valence-corrected chi connectivity index (χ2v) is 18.9. The molecule has 2 aromatic rings. The number of likely N-dealkylation sites (tertiary alicyclic amines) is 1. The lowest BCUT2D eigenvalue weighted by atomic mass is 9.85. The highest BCUT2D eigenvalue weighted by molar-refractivity contribution is 7.91. The lowest BCUT2D eigenvalue weighted by Crippen LogP contribution is -2.57. The average Bonchev–Trinajstić information content (AvgIpc) is 3.89. The highest BCUT2D eigenvalue weighted by Crippen LogP contribution is 2.58. The van der Waals surface area contributed by atoms with E-state index in [1.807, 2.05) is 68.7 Å². The third-order valence-corrected chi connectivity index (χ3v) is 13.0. The predicted octanol–water partition coefficient (Wildman–Crippen LogP) is 4.64. The number of fused-ring (bicyclic) bond motifs is 5. The van der Waals surface area contributed by atoms with Crippen LogP contribution in [0.1, 0.15) is 93.4 Å². The molecule has 2 aliphatic carbocycles. The van der Waals surface area contributed by atoms with E-state index in [1.54, 1.807) is 20.8 Å². The third-order valence-electron chi connectivity index (χ3n) is 10.8. The zero-order chi connectivity index (χ0) is 37.1. The molecule has 3 heterocycles. The van der Waals surface area contributed by atoms with E-state index in [0.717, 1.165) is 5.52 Å². The number of aromatic nitrogens is 2. The van der Waals surface area contributed by atoms with Crippen LogP contribution < -0.4 is 14.8 Å². The van der Waals surface area contributed by atoms with E-state index in [0.29, 0.717) is 43.8 Å². The zero-order valence-corrected chi connectivity index (χ0v) is 31.5. The second-order valence-electron chi connectivity index (χ2n) is 16.8. The van der Waals surface area contributed by atoms with E-state index < -0.39 is 67.3 Å². The molecule has 2 N–H and O–H groups in total. The number of rotatable bonds is 3. The van der Waals surface area contributed by atoms with Gasteiger partial charge in [-0.05, 0) is 69.9 Å². The minimum Gasteiger partial charge on any atom is -0.459 e. The Bertz CT molecular complexity index is 1870. The van der Waals surface area contributed by atoms with Crippen molar-refractivity contribution in [3.05, 3.63) is 36.4 Å². The van der Waals surface area contributed by atoms with Gasteiger partial charge in [0, 0.05) is 19.4 Å². The fourth-order valence-corrected chi connectivity index (χ4v) is 9.21. The second kappa shape index (κ2) is 12.9. The Morgan fingerprint density at radius 1 is 1.12 bits per heavy atom. The monoisotopic (exact) mass is 725 g/mol. The minimum absolute atomic E-state index is 0.0319. The number of allylic oxidation sites excluding steroid dienone is 2. The summed E-state index contributed by atoms with van der Waals surface area (Å²) < 4.78 is 42.6. The van der Waals surface area contributed by atoms with E-state index in [-0.39, 0.29) is 37.5 Å². The first kappa shape index (κ1) is 36.8. The number of ketones is 1. The van der Waals surface area contributed by atoms with Crippen LogP contribution in [0.15, 0.2) is 36.4 Å². The maximum atomic E-state index is 14.5. The van der Waals surface area contributed by atoms with Gasteiger partial charge in [0.25, 0.3) is 6.01 Å². The first-order valence-corrected chi connectivity index (χ1v) is 19.4. The Morgan fingerprint density at radius 2 is 1.82 bits per heavy atom. The zero-order valence-electron chi connectivity index (χ0n) is 30.7. The smallest absolute Gasteiger partial charge is 0.408 e. The van der Waals surface area contributed by atoms with E-state index in [1.165, 1.54) is 4.90 Å². The highest BCUT2D eigenvalue weighted by atomic mass is 32.2. The topological polar surface area (TPSA) is 166 Å². The molecule has 4 aliphatic rings. The van der Waals surface area contributed by atoms with Crippen molar-refractivity contribution in [3.8, 4) is 6.01 Å². The van der Waals surface area contributed by atoms with Crippen LogP contribution in [-0.2, 0) is 35.7 Å². The number of nitrogens with zero attached hydrogens (tertiary/aromatic N) is 3. The number of hydrogen-bond acceptors (Lipinski definition) is 9. The van der Waals surface area contributed by atoms with Crippen LogP contribution in [0.3, 0.4) is 0 Å². The summed E-state index contributed by atoms with van der Waals surface area (Å²) in [5, 5.41) is 2.75. The van der Waals surface area contributed by atoms with Crippen molar-refractivity contribution >= 4 is 44.7 Å². The Balaban J connectivity index is 1.39. The van der Waals surface area contributed by atoms with Crippen molar-refractivity contribution in [1.29, 1.82) is 0 Å². The molecule has 2 saturated carbocycles. The largest absolute Gasteiger partial charge is 0.459 e. The van der Waals surface area contributed by atoms with Crippen LogP contribution in [0, 0.1) is 16.7 Å². The quantitative estimate of drug-likeness (QED) is 0.429. The van der Waals surface area contributed by atoms with E-state index >= 15 is 0 Å². The number of carbonyl (C=O) groups excluding carboxylic acids is 4. The number of sulfonamides is 1. The predicted molar refractivity (Wildman–Crippen MR) is 190 cm³/mol. The summed E-state index contributed by atoms with van der Waals surface area (Å²) in [6.07, 6.45) is 4.28. The lowest BCUT2D eigenvalue weighted by Gasteiger charge is -2.36. The maximum Gasteiger partial charge on any atom is 0.408 e. The summed E-state index contributed by atoms with van der Waals surface area (Å²) in [4.78, 5) is 62.0. The van der Waals surface area contributed by atoms with Crippen LogP contribution in [0.4, 0.5) is 4.79 Å². The Labute approximate surface area is 299 Å². The number of alkyl carbamates (subject to hydrolysis) is 1. The third kappa shape index (κ3) is 7.25. The summed E-state index contributed by atoms with van der Waals surface area (Å²) in [5.41, 5.74) is -1.26. The van der Waals surface area contributed by atoms with E-state index in [9.17, 15) is 27.6 Å². The number of amides is 3. The van der Waals surface area contributed by atoms with Crippen molar-refractivity contribution in [1.82, 2.24) is 24.5 Å². The molecule has 2 bridgehead atoms. The van der Waals surface area contributed by atoms with Gasteiger partial charge in [-0.2, -0.15) is 4.98 Å². The molecule has 6 rings (SSSR count). The van der Waals surface area contributed by atoms with Crippen molar-refractivity contribution in [2.75, 3.05) is 6.54 Å². The van der Waals surface area contributed by atoms with Crippen molar-refractivity contribution in [2.24, 2.45) is 16.7 Å². The molecule has 3 fully saturated rings. The molecule has 1 aromatic carbocycles. The van der Waals surface area contributed by atoms with Gasteiger partial charge in [0.05, 0.1) is 33.8 Å². The van der Waals surface area contributed by atoms with E-state index in [2.05, 4.69) is 10.0 Å². The Morgan fingerprint density at radius 3 is 2.45 bits per heavy atom. The van der Waals surface area contributed by atoms with Crippen LogP contribution in [0.25, 0.3) is 11.0 Å². The molecular weight excluding hydrogens is 675 g/mol. The van der Waals surface area contributed by atoms with Gasteiger partial charge in [-0.15, -0.1) is 0 Å². The van der Waals surface area contributed by atoms with Gasteiger partial charge in [-0.25, -0.2) is 13.2 Å². The van der Waals surface area contributed by atoms with Crippen LogP contribution >= 0.6 is 0 Å². The number of ether oxygens (including phenoxy) is 2. The molecular formula is C37H51N5O8S. The first-order valence-electron chi connectivity index (χ1n) is 18.0. The highest BCUT2D eigenvalue weighted by Gasteiger charge is 2.63. The Hall–Kier alpha value is -3.94. The van der Waals surface area contributed by atoms with Gasteiger partial charge in [0.15, 0.2) is 5.78 Å². The van der Waals surface area contributed by atoms with Gasteiger partial charge >= 0.3 is 6.09 Å². The standard InChI is InChI=1S/C37H51N5O8S/c1-8-23-20-37(23)21-28(43)27-19-24(22-42(27)30(44)29(34(2,3)4)39-33(46)50-35(5,6)7)49-32-38-25-13-9-10-14-26(25)41(32)18-12-11-15-36(16-17-36)51(47,48)40-31(37)45/h9-14,23-24,27,29H,8,15-22H2,1-7H3,(H,39,46)(H,40,45)/t23-,24-,27+,29-,37-/m1/s1. The van der Waals surface area contributed by atoms with Gasteiger partial charge in [0.2, 0.25) is 21.8 Å². The summed E-state index contributed by atoms with van der Waals surface area (Å²) in [7, 11) is -4.05. The molecule has 1 aromatic heterocycles. The lowest BCUT2D eigenvalue weighted by molar-refractivity contribution is -0.142. The van der Waals surface area contributed by atoms with Gasteiger partial charge < -0.3 is 19.7 Å². The number of imidazole rings is 1. The molecule has 278 valence electrons. The summed E-state index contributed by atoms with van der Waals surface area (Å²) in [5.74, 6) is -1.68. The van der Waals surface area contributed by atoms with Gasteiger partial charge in [0.1, 0.15) is 17.7 Å². The molecule has 2 spiro atoms. The molecule has 0 radical (unpaired) electrons. The molecule has 0 unspecified atom stereocenters. The fraction of sp³-hybridized carbons (Fsp3) is 0.649. The number of benzene rings is 1. The first-order chi connectivity index (χ1) is 23.8. The number of hydrogen-bond donors (Lipinski definition) is 2. The number of para-hydroxylation sites is 2. The SMILES string of the molecule is CC[C@@H]1C[C@@]12CC(=O)[C@@H]1C[C@H](CN1C(=O)[C@@H](NC(=O)OC(C)(C)C)C(C)(C)C)Oc1nc3ccccc3n1CC=CCC1(CC1)S(=O)(=O)NC2=O. The van der Waals surface area contributed by atoms with Crippen LogP contribution in [-0.4, -0.2) is 81.6 Å². The van der Waals surface area contributed by atoms with Gasteiger partial charge in [-0.1, -0.05) is 58.4 Å². The summed E-state index contributed by atoms with van der Waals surface area (Å²) >= 11 is 0. The maximum absolute atomic E-state index is 14.5. The van der Waals surface area contributed by atoms with Crippen molar-refractivity contribution in [3.63, 3.8) is 0 Å². The summed E-state index contributed by atoms with van der Waals surface area (Å²) in [6, 6.07) is 5.82. The Kier molecular flexibility index (Phi) is 9.34. The molecule has 5 atom stereocenters. The molecule has 2 aliphatic heterocycles. The molecule has 1 saturated heterocycles. The average molecular weight is 726 g/mol. The van der Waals surface area contributed by atoms with Crippen LogP contribution in [0.2, 0.25) is 0 Å². The minimum atomic E-state index is -4.05. The van der Waals surface area contributed by atoms with Crippen LogP contribution in [0.5, 0.6) is 6.01 Å². The van der Waals surface area contributed by atoms with Crippen molar-refractivity contribution < 1.29 is 37.1 Å². The van der Waals surface area contributed by atoms with E-state index in [4.69, 9.17) is 14.5 Å². The normalized spacial score (nSPS) is 28.1. The molecule has 3 amide bonds. The fourth-order valence-electron chi connectivity index (χ4n) is 7.59. The van der Waals surface area contributed by atoms with Crippen molar-refractivity contribution in [2.45, 2.75) is 128 Å². The van der Waals surface area contributed by atoms with Gasteiger partial charge in [-0.3, -0.25) is 23.7 Å². The number of Topliss-reactive ketones (excluding diaryl/α,β-unsaturated/α-hetero) is 1. The molecule has 51 heavy (non-hydrogen) atoms. The number of carbonyl (C=O) groups is 4. The molecule has 13 nitrogen and oxygen atoms in total.